The van der Waals surface area contributed by atoms with Crippen LogP contribution < -0.4 is 5.32 Å². The molecule has 0 bridgehead atoms. The molecule has 2 aromatic rings. The molecule has 1 heterocycles. The van der Waals surface area contributed by atoms with Crippen LogP contribution in [0.4, 0.5) is 0 Å². The molecular formula is C15H18BrN3. The molecule has 0 aliphatic carbocycles. The summed E-state index contributed by atoms with van der Waals surface area (Å²) >= 11 is 3.51. The van der Waals surface area contributed by atoms with Crippen LogP contribution in [0.2, 0.25) is 0 Å². The Balaban J connectivity index is 2.29. The molecule has 0 saturated carbocycles. The van der Waals surface area contributed by atoms with Crippen molar-refractivity contribution in [2.75, 3.05) is 0 Å². The van der Waals surface area contributed by atoms with E-state index in [4.69, 9.17) is 0 Å². The first-order chi connectivity index (χ1) is 9.06. The molecule has 1 N–H and O–H groups in total. The number of benzene rings is 1. The molecule has 0 fully saturated rings. The lowest BCUT2D eigenvalue weighted by molar-refractivity contribution is 0.572. The molecule has 4 heteroatoms. The molecule has 0 amide bonds. The van der Waals surface area contributed by atoms with E-state index in [9.17, 15) is 0 Å². The first-order valence-corrected chi connectivity index (χ1v) is 7.17. The second-order valence-electron chi connectivity index (χ2n) is 4.85. The molecular weight excluding hydrogens is 302 g/mol. The normalized spacial score (nSPS) is 11.0. The van der Waals surface area contributed by atoms with Crippen LogP contribution >= 0.6 is 15.9 Å². The minimum absolute atomic E-state index is 0.430. The summed E-state index contributed by atoms with van der Waals surface area (Å²) in [5.41, 5.74) is 3.32. The standard InChI is InChI=1S/C15H18BrN3/c1-10(2)18-9-15-17-7-6-14(19-15)13-8-12(16)5-4-11(13)3/h4-8,10,18H,9H2,1-3H3. The number of rotatable bonds is 4. The van der Waals surface area contributed by atoms with Crippen molar-refractivity contribution < 1.29 is 0 Å². The summed E-state index contributed by atoms with van der Waals surface area (Å²) in [6.07, 6.45) is 1.82. The maximum absolute atomic E-state index is 4.62. The van der Waals surface area contributed by atoms with Gasteiger partial charge in [0.25, 0.3) is 0 Å². The van der Waals surface area contributed by atoms with Gasteiger partial charge >= 0.3 is 0 Å². The zero-order valence-electron chi connectivity index (χ0n) is 11.4. The summed E-state index contributed by atoms with van der Waals surface area (Å²) in [6, 6.07) is 8.61. The molecule has 1 aromatic heterocycles. The molecule has 2 rings (SSSR count). The van der Waals surface area contributed by atoms with Gasteiger partial charge in [0.15, 0.2) is 0 Å². The van der Waals surface area contributed by atoms with Crippen LogP contribution in [0.15, 0.2) is 34.9 Å². The highest BCUT2D eigenvalue weighted by atomic mass is 79.9. The lowest BCUT2D eigenvalue weighted by Gasteiger charge is -2.09. The van der Waals surface area contributed by atoms with E-state index < -0.39 is 0 Å². The molecule has 100 valence electrons. The van der Waals surface area contributed by atoms with Gasteiger partial charge in [-0.25, -0.2) is 9.97 Å². The van der Waals surface area contributed by atoms with Gasteiger partial charge in [0, 0.05) is 22.3 Å². The summed E-state index contributed by atoms with van der Waals surface area (Å²) < 4.78 is 1.06. The van der Waals surface area contributed by atoms with Gasteiger partial charge in [-0.1, -0.05) is 35.8 Å². The lowest BCUT2D eigenvalue weighted by atomic mass is 10.1. The Labute approximate surface area is 122 Å². The van der Waals surface area contributed by atoms with E-state index in [1.54, 1.807) is 0 Å². The predicted octanol–water partition coefficient (Wildman–Crippen LogP) is 3.71. The van der Waals surface area contributed by atoms with Gasteiger partial charge in [-0.2, -0.15) is 0 Å². The van der Waals surface area contributed by atoms with Gasteiger partial charge in [-0.15, -0.1) is 0 Å². The largest absolute Gasteiger partial charge is 0.308 e. The smallest absolute Gasteiger partial charge is 0.142 e. The fourth-order valence-corrected chi connectivity index (χ4v) is 2.16. The number of nitrogens with zero attached hydrogens (tertiary/aromatic N) is 2. The van der Waals surface area contributed by atoms with E-state index in [0.29, 0.717) is 12.6 Å². The lowest BCUT2D eigenvalue weighted by Crippen LogP contribution is -2.23. The summed E-state index contributed by atoms with van der Waals surface area (Å²) in [5.74, 6) is 0.825. The monoisotopic (exact) mass is 319 g/mol. The zero-order chi connectivity index (χ0) is 13.8. The number of halogens is 1. The Kier molecular flexibility index (Phi) is 4.66. The number of aromatic nitrogens is 2. The Morgan fingerprint density at radius 2 is 2.05 bits per heavy atom. The third kappa shape index (κ3) is 3.85. The van der Waals surface area contributed by atoms with Crippen molar-refractivity contribution in [3.8, 4) is 11.3 Å². The average molecular weight is 320 g/mol. The molecule has 0 spiro atoms. The molecule has 0 radical (unpaired) electrons. The van der Waals surface area contributed by atoms with Crippen molar-refractivity contribution in [2.24, 2.45) is 0 Å². The number of hydrogen-bond donors (Lipinski definition) is 1. The molecule has 0 atom stereocenters. The summed E-state index contributed by atoms with van der Waals surface area (Å²) in [5, 5.41) is 3.33. The Hall–Kier alpha value is -1.26. The van der Waals surface area contributed by atoms with Crippen molar-refractivity contribution in [2.45, 2.75) is 33.4 Å². The van der Waals surface area contributed by atoms with Gasteiger partial charge in [-0.05, 0) is 30.7 Å². The fraction of sp³-hybridized carbons (Fsp3) is 0.333. The predicted molar refractivity (Wildman–Crippen MR) is 81.9 cm³/mol. The van der Waals surface area contributed by atoms with Crippen LogP contribution in [0.25, 0.3) is 11.3 Å². The number of nitrogens with one attached hydrogen (secondary N) is 1. The van der Waals surface area contributed by atoms with Crippen molar-refractivity contribution in [3.63, 3.8) is 0 Å². The third-order valence-corrected chi connectivity index (χ3v) is 3.34. The van der Waals surface area contributed by atoms with Gasteiger partial charge < -0.3 is 5.32 Å². The SMILES string of the molecule is Cc1ccc(Br)cc1-c1ccnc(CNC(C)C)n1. The van der Waals surface area contributed by atoms with Gasteiger partial charge in [0.05, 0.1) is 12.2 Å². The second-order valence-corrected chi connectivity index (χ2v) is 5.77. The second kappa shape index (κ2) is 6.26. The Bertz CT molecular complexity index is 567. The summed E-state index contributed by atoms with van der Waals surface area (Å²) in [4.78, 5) is 8.93. The average Bonchev–Trinajstić information content (AvgIpc) is 2.39. The topological polar surface area (TPSA) is 37.8 Å². The van der Waals surface area contributed by atoms with E-state index in [0.717, 1.165) is 21.6 Å². The first-order valence-electron chi connectivity index (χ1n) is 6.38. The number of hydrogen-bond acceptors (Lipinski definition) is 3. The Morgan fingerprint density at radius 3 is 2.79 bits per heavy atom. The maximum atomic E-state index is 4.62. The molecule has 0 unspecified atom stereocenters. The quantitative estimate of drug-likeness (QED) is 0.933. The Morgan fingerprint density at radius 1 is 1.26 bits per heavy atom. The minimum atomic E-state index is 0.430. The molecule has 0 aliphatic rings. The van der Waals surface area contributed by atoms with Crippen LogP contribution in [0.5, 0.6) is 0 Å². The highest BCUT2D eigenvalue weighted by Gasteiger charge is 2.06. The van der Waals surface area contributed by atoms with E-state index in [2.05, 4.69) is 64.1 Å². The van der Waals surface area contributed by atoms with Gasteiger partial charge in [0.2, 0.25) is 0 Å². The van der Waals surface area contributed by atoms with E-state index in [1.165, 1.54) is 5.56 Å². The van der Waals surface area contributed by atoms with Gasteiger partial charge in [0.1, 0.15) is 5.82 Å². The van der Waals surface area contributed by atoms with Crippen LogP contribution in [-0.2, 0) is 6.54 Å². The summed E-state index contributed by atoms with van der Waals surface area (Å²) in [7, 11) is 0. The van der Waals surface area contributed by atoms with Gasteiger partial charge in [-0.3, -0.25) is 0 Å². The van der Waals surface area contributed by atoms with E-state index >= 15 is 0 Å². The minimum Gasteiger partial charge on any atom is -0.308 e. The highest BCUT2D eigenvalue weighted by molar-refractivity contribution is 9.10. The highest BCUT2D eigenvalue weighted by Crippen LogP contribution is 2.25. The molecule has 1 aromatic carbocycles. The van der Waals surface area contributed by atoms with Crippen LogP contribution in [0.3, 0.4) is 0 Å². The van der Waals surface area contributed by atoms with Crippen molar-refractivity contribution in [1.82, 2.24) is 15.3 Å². The van der Waals surface area contributed by atoms with Crippen LogP contribution in [-0.4, -0.2) is 16.0 Å². The molecule has 0 saturated heterocycles. The van der Waals surface area contributed by atoms with Crippen molar-refractivity contribution in [3.05, 3.63) is 46.3 Å². The molecule has 0 aliphatic heterocycles. The molecule has 3 nitrogen and oxygen atoms in total. The molecule has 19 heavy (non-hydrogen) atoms. The van der Waals surface area contributed by atoms with Crippen molar-refractivity contribution in [1.29, 1.82) is 0 Å². The zero-order valence-corrected chi connectivity index (χ0v) is 13.0. The number of aryl methyl sites for hydroxylation is 1. The third-order valence-electron chi connectivity index (χ3n) is 2.85. The van der Waals surface area contributed by atoms with E-state index in [1.807, 2.05) is 18.3 Å². The fourth-order valence-electron chi connectivity index (χ4n) is 1.80. The maximum Gasteiger partial charge on any atom is 0.142 e. The first kappa shape index (κ1) is 14.2. The van der Waals surface area contributed by atoms with E-state index in [-0.39, 0.29) is 0 Å². The van der Waals surface area contributed by atoms with Crippen molar-refractivity contribution >= 4 is 15.9 Å². The summed E-state index contributed by atoms with van der Waals surface area (Å²) in [6.45, 7) is 7.01. The van der Waals surface area contributed by atoms with Crippen LogP contribution in [0.1, 0.15) is 25.2 Å². The van der Waals surface area contributed by atoms with Crippen LogP contribution in [0, 0.1) is 6.92 Å².